The molecule has 0 bridgehead atoms. The Morgan fingerprint density at radius 3 is 2.53 bits per heavy atom. The van der Waals surface area contributed by atoms with Gasteiger partial charge in [-0.2, -0.15) is 5.10 Å². The summed E-state index contributed by atoms with van der Waals surface area (Å²) in [5.74, 6) is 0.407. The number of rotatable bonds is 10. The van der Waals surface area contributed by atoms with Gasteiger partial charge in [-0.3, -0.25) is 20.3 Å². The lowest BCUT2D eigenvalue weighted by Crippen LogP contribution is -2.15. The first-order valence-electron chi connectivity index (χ1n) is 9.95. The molecule has 3 aromatic carbocycles. The summed E-state index contributed by atoms with van der Waals surface area (Å²) >= 11 is 0. The highest BCUT2D eigenvalue weighted by atomic mass is 32.2. The Morgan fingerprint density at radius 1 is 1.09 bits per heavy atom. The van der Waals surface area contributed by atoms with Crippen LogP contribution in [-0.2, 0) is 10.0 Å². The normalized spacial score (nSPS) is 11.2. The predicted octanol–water partition coefficient (Wildman–Crippen LogP) is 3.95. The zero-order chi connectivity index (χ0) is 24.7. The largest absolute Gasteiger partial charge is 0.504 e. The van der Waals surface area contributed by atoms with Crippen molar-refractivity contribution in [3.63, 3.8) is 0 Å². The third-order valence-electron chi connectivity index (χ3n) is 4.54. The van der Waals surface area contributed by atoms with Crippen LogP contribution in [0.15, 0.2) is 70.7 Å². The zero-order valence-electron chi connectivity index (χ0n) is 18.3. The van der Waals surface area contributed by atoms with Crippen molar-refractivity contribution in [3.8, 4) is 17.2 Å². The second-order valence-electron chi connectivity index (χ2n) is 6.74. The van der Waals surface area contributed by atoms with Gasteiger partial charge in [0.05, 0.1) is 36.2 Å². The first kappa shape index (κ1) is 24.3. The van der Waals surface area contributed by atoms with Crippen LogP contribution in [0.3, 0.4) is 0 Å². The quantitative estimate of drug-likeness (QED) is 0.221. The molecule has 0 aromatic heterocycles. The minimum atomic E-state index is -4.29. The van der Waals surface area contributed by atoms with Crippen LogP contribution >= 0.6 is 0 Å². The molecule has 0 amide bonds. The van der Waals surface area contributed by atoms with Gasteiger partial charge < -0.3 is 14.6 Å². The minimum absolute atomic E-state index is 0.0234. The monoisotopic (exact) mass is 486 g/mol. The van der Waals surface area contributed by atoms with Crippen molar-refractivity contribution in [3.05, 3.63) is 76.3 Å². The first-order chi connectivity index (χ1) is 16.3. The van der Waals surface area contributed by atoms with E-state index in [0.29, 0.717) is 12.2 Å². The van der Waals surface area contributed by atoms with Gasteiger partial charge in [-0.05, 0) is 37.3 Å². The summed E-state index contributed by atoms with van der Waals surface area (Å²) in [6.07, 6.45) is 1.27. The fourth-order valence-corrected chi connectivity index (χ4v) is 4.20. The summed E-state index contributed by atoms with van der Waals surface area (Å²) in [4.78, 5) is 10.1. The number of hydrazone groups is 1. The number of para-hydroxylation sites is 3. The van der Waals surface area contributed by atoms with Crippen LogP contribution in [0.1, 0.15) is 12.5 Å². The van der Waals surface area contributed by atoms with Gasteiger partial charge in [0.1, 0.15) is 10.6 Å². The number of benzene rings is 3. The third-order valence-corrected chi connectivity index (χ3v) is 5.94. The molecule has 3 aromatic rings. The number of phenols is 1. The third kappa shape index (κ3) is 5.53. The van der Waals surface area contributed by atoms with Gasteiger partial charge in [0.15, 0.2) is 11.5 Å². The SMILES string of the molecule is CCOc1cccc(/C=N/Nc2ccc([N+](=O)[O-])cc2S(=O)(=O)Nc2ccccc2OC)c1O. The van der Waals surface area contributed by atoms with E-state index in [9.17, 15) is 23.6 Å². The van der Waals surface area contributed by atoms with Gasteiger partial charge in [-0.1, -0.05) is 18.2 Å². The number of nitro benzene ring substituents is 1. The van der Waals surface area contributed by atoms with Crippen LogP contribution < -0.4 is 19.6 Å². The van der Waals surface area contributed by atoms with Gasteiger partial charge in [-0.25, -0.2) is 8.42 Å². The molecule has 0 saturated heterocycles. The maximum atomic E-state index is 13.1. The number of nitrogens with zero attached hydrogens (tertiary/aromatic N) is 2. The molecule has 0 atom stereocenters. The molecule has 0 unspecified atom stereocenters. The lowest BCUT2D eigenvalue weighted by Gasteiger charge is -2.14. The molecule has 3 rings (SSSR count). The highest BCUT2D eigenvalue weighted by molar-refractivity contribution is 7.93. The van der Waals surface area contributed by atoms with E-state index in [1.165, 1.54) is 25.5 Å². The van der Waals surface area contributed by atoms with Crippen LogP contribution in [0, 0.1) is 10.1 Å². The number of ether oxygens (including phenoxy) is 2. The van der Waals surface area contributed by atoms with E-state index < -0.39 is 25.5 Å². The number of anilines is 2. The summed E-state index contributed by atoms with van der Waals surface area (Å²) < 4.78 is 39.1. The molecule has 0 aliphatic rings. The van der Waals surface area contributed by atoms with Crippen molar-refractivity contribution in [1.29, 1.82) is 0 Å². The number of methoxy groups -OCH3 is 1. The van der Waals surface area contributed by atoms with E-state index in [0.717, 1.165) is 12.1 Å². The minimum Gasteiger partial charge on any atom is -0.504 e. The Labute approximate surface area is 195 Å². The summed E-state index contributed by atoms with van der Waals surface area (Å²) in [7, 11) is -2.90. The van der Waals surface area contributed by atoms with Crippen molar-refractivity contribution >= 4 is 33.3 Å². The molecule has 178 valence electrons. The smallest absolute Gasteiger partial charge is 0.270 e. The molecule has 0 aliphatic heterocycles. The Bertz CT molecular complexity index is 1330. The van der Waals surface area contributed by atoms with Crippen molar-refractivity contribution in [2.75, 3.05) is 23.9 Å². The molecule has 0 saturated carbocycles. The van der Waals surface area contributed by atoms with Gasteiger partial charge >= 0.3 is 0 Å². The molecular weight excluding hydrogens is 464 g/mol. The van der Waals surface area contributed by atoms with E-state index in [1.54, 1.807) is 43.3 Å². The predicted molar refractivity (Wildman–Crippen MR) is 127 cm³/mol. The number of aromatic hydroxyl groups is 1. The lowest BCUT2D eigenvalue weighted by molar-refractivity contribution is -0.385. The van der Waals surface area contributed by atoms with Crippen LogP contribution in [0.5, 0.6) is 17.2 Å². The molecule has 12 heteroatoms. The second kappa shape index (κ2) is 10.5. The topological polar surface area (TPSA) is 152 Å². The number of nitro groups is 1. The van der Waals surface area contributed by atoms with Crippen molar-refractivity contribution in [2.24, 2.45) is 5.10 Å². The molecule has 0 aliphatic carbocycles. The maximum Gasteiger partial charge on any atom is 0.270 e. The fourth-order valence-electron chi connectivity index (χ4n) is 2.95. The van der Waals surface area contributed by atoms with Gasteiger partial charge in [-0.15, -0.1) is 0 Å². The average Bonchev–Trinajstić information content (AvgIpc) is 2.81. The van der Waals surface area contributed by atoms with Crippen LogP contribution in [-0.4, -0.2) is 38.4 Å². The van der Waals surface area contributed by atoms with Crippen LogP contribution in [0.25, 0.3) is 0 Å². The zero-order valence-corrected chi connectivity index (χ0v) is 19.1. The molecule has 0 fully saturated rings. The first-order valence-corrected chi connectivity index (χ1v) is 11.4. The van der Waals surface area contributed by atoms with Gasteiger partial charge in [0, 0.05) is 17.7 Å². The molecular formula is C22H22N4O7S. The maximum absolute atomic E-state index is 13.1. The Balaban J connectivity index is 1.95. The Kier molecular flexibility index (Phi) is 7.53. The van der Waals surface area contributed by atoms with Crippen molar-refractivity contribution < 1.29 is 27.9 Å². The number of sulfonamides is 1. The fraction of sp³-hybridized carbons (Fsp3) is 0.136. The number of nitrogens with one attached hydrogen (secondary N) is 2. The number of non-ortho nitro benzene ring substituents is 1. The molecule has 0 heterocycles. The molecule has 11 nitrogen and oxygen atoms in total. The summed E-state index contributed by atoms with van der Waals surface area (Å²) in [6.45, 7) is 2.13. The van der Waals surface area contributed by atoms with Crippen LogP contribution in [0.4, 0.5) is 17.1 Å². The number of phenolic OH excluding ortho intramolecular Hbond substituents is 1. The summed E-state index contributed by atoms with van der Waals surface area (Å²) in [6, 6.07) is 14.5. The highest BCUT2D eigenvalue weighted by Gasteiger charge is 2.23. The Hall–Kier alpha value is -4.32. The van der Waals surface area contributed by atoms with E-state index in [2.05, 4.69) is 15.2 Å². The van der Waals surface area contributed by atoms with Crippen molar-refractivity contribution in [1.82, 2.24) is 0 Å². The summed E-state index contributed by atoms with van der Waals surface area (Å²) in [5, 5.41) is 25.5. The Morgan fingerprint density at radius 2 is 1.82 bits per heavy atom. The molecule has 0 spiro atoms. The lowest BCUT2D eigenvalue weighted by atomic mass is 10.2. The average molecular weight is 487 g/mol. The van der Waals surface area contributed by atoms with Crippen LogP contribution in [0.2, 0.25) is 0 Å². The standard InChI is InChI=1S/C22H22N4O7S/c1-3-33-20-10-6-7-15(22(20)27)14-23-24-18-12-11-16(26(28)29)13-21(18)34(30,31)25-17-8-4-5-9-19(17)32-2/h4-14,24-25,27H,3H2,1-2H3/b23-14+. The van der Waals surface area contributed by atoms with E-state index in [-0.39, 0.29) is 28.6 Å². The molecule has 34 heavy (non-hydrogen) atoms. The summed E-state index contributed by atoms with van der Waals surface area (Å²) in [5.41, 5.74) is 2.60. The van der Waals surface area contributed by atoms with Crippen molar-refractivity contribution in [2.45, 2.75) is 11.8 Å². The number of hydrogen-bond acceptors (Lipinski definition) is 9. The molecule has 3 N–H and O–H groups in total. The van der Waals surface area contributed by atoms with Gasteiger partial charge in [0.25, 0.3) is 15.7 Å². The van der Waals surface area contributed by atoms with E-state index in [1.807, 2.05) is 0 Å². The van der Waals surface area contributed by atoms with E-state index >= 15 is 0 Å². The number of hydrogen-bond donors (Lipinski definition) is 3. The van der Waals surface area contributed by atoms with Gasteiger partial charge in [0.2, 0.25) is 0 Å². The highest BCUT2D eigenvalue weighted by Crippen LogP contribution is 2.32. The second-order valence-corrected chi connectivity index (χ2v) is 8.39. The molecule has 0 radical (unpaired) electrons. The van der Waals surface area contributed by atoms with E-state index in [4.69, 9.17) is 9.47 Å².